The van der Waals surface area contributed by atoms with Crippen molar-refractivity contribution in [2.75, 3.05) is 13.1 Å². The van der Waals surface area contributed by atoms with Crippen molar-refractivity contribution < 1.29 is 46.2 Å². The van der Waals surface area contributed by atoms with Crippen LogP contribution in [0, 0.1) is 12.7 Å². The van der Waals surface area contributed by atoms with Crippen molar-refractivity contribution in [1.29, 1.82) is 0 Å². The Morgan fingerprint density at radius 2 is 1.30 bits per heavy atom. The van der Waals surface area contributed by atoms with E-state index in [1.54, 1.807) is 6.20 Å². The average Bonchev–Trinajstić information content (AvgIpc) is 3.26. The zero-order valence-electron chi connectivity index (χ0n) is 20.2. The molecular weight excluding hydrogens is 696 g/mol. The van der Waals surface area contributed by atoms with Crippen LogP contribution in [0.25, 0.3) is 22.6 Å². The number of hydrogen-bond donors (Lipinski definition) is 0. The van der Waals surface area contributed by atoms with Gasteiger partial charge in [0.25, 0.3) is 0 Å². The first-order chi connectivity index (χ1) is 16.7. The van der Waals surface area contributed by atoms with E-state index in [9.17, 15) is 25.2 Å². The summed E-state index contributed by atoms with van der Waals surface area (Å²) >= 11 is 0. The maximum atomic E-state index is 9.87. The minimum atomic E-state index is -10.7. The van der Waals surface area contributed by atoms with Gasteiger partial charge in [0, 0.05) is 6.20 Å². The molecule has 0 atom stereocenters. The summed E-state index contributed by atoms with van der Waals surface area (Å²) in [6, 6.07) is 22.8. The van der Waals surface area contributed by atoms with Crippen LogP contribution in [-0.4, -0.2) is 32.9 Å². The van der Waals surface area contributed by atoms with Crippen molar-refractivity contribution in [1.82, 2.24) is 19.8 Å². The molecule has 0 saturated heterocycles. The van der Waals surface area contributed by atoms with Crippen molar-refractivity contribution in [2.45, 2.75) is 26.7 Å². The van der Waals surface area contributed by atoms with E-state index in [0.29, 0.717) is 0 Å². The van der Waals surface area contributed by atoms with E-state index >= 15 is 0 Å². The summed E-state index contributed by atoms with van der Waals surface area (Å²) in [5.74, 6) is 0. The molecule has 0 N–H and O–H groups in total. The number of aromatic nitrogens is 2. The molecule has 0 radical (unpaired) electrons. The second-order valence-corrected chi connectivity index (χ2v) is 9.66. The normalized spacial score (nSPS) is 14.3. The molecular formula is C25H28F6N4PPt+. The Balaban J connectivity index is 0.000000310. The summed E-state index contributed by atoms with van der Waals surface area (Å²) < 4.78 is 59.2. The smallest absolute Gasteiger partial charge is 0.295 e. The van der Waals surface area contributed by atoms with Crippen molar-refractivity contribution in [3.05, 3.63) is 92.0 Å². The Labute approximate surface area is 227 Å². The SMILES string of the molecule is CCCN1C=CN(CCC)[CH-]1.F[P-](F)(F)(F)(F)F.[Pt+4].[c-]1ccccc1-c1cccc(-c2ccccn2)n1. The molecule has 0 saturated carbocycles. The van der Waals surface area contributed by atoms with Crippen molar-refractivity contribution in [3.8, 4) is 22.6 Å². The second-order valence-electron chi connectivity index (χ2n) is 7.75. The van der Waals surface area contributed by atoms with Crippen LogP contribution in [0.4, 0.5) is 25.2 Å². The molecule has 1 aliphatic rings. The first kappa shape index (κ1) is 32.6. The molecule has 3 heterocycles. The summed E-state index contributed by atoms with van der Waals surface area (Å²) in [6.07, 6.45) is 8.47. The maximum absolute atomic E-state index is 10.7. The predicted octanol–water partition coefficient (Wildman–Crippen LogP) is 9.01. The van der Waals surface area contributed by atoms with Gasteiger partial charge in [0.05, 0.1) is 11.4 Å². The van der Waals surface area contributed by atoms with Crippen LogP contribution in [0.3, 0.4) is 0 Å². The van der Waals surface area contributed by atoms with Crippen LogP contribution in [0.5, 0.6) is 0 Å². The molecule has 0 aliphatic carbocycles. The largest absolute Gasteiger partial charge is 4.00 e. The zero-order valence-corrected chi connectivity index (χ0v) is 23.4. The Bertz CT molecular complexity index is 1020. The fourth-order valence-corrected chi connectivity index (χ4v) is 3.01. The van der Waals surface area contributed by atoms with Gasteiger partial charge in [0.15, 0.2) is 0 Å². The summed E-state index contributed by atoms with van der Waals surface area (Å²) in [4.78, 5) is 13.4. The first-order valence-corrected chi connectivity index (χ1v) is 13.2. The number of hydrogen-bond acceptors (Lipinski definition) is 4. The molecule has 0 bridgehead atoms. The molecule has 2 aromatic heterocycles. The Hall–Kier alpha value is -2.44. The molecule has 3 aromatic rings. The summed E-state index contributed by atoms with van der Waals surface area (Å²) in [5, 5.41) is 0. The van der Waals surface area contributed by atoms with Crippen LogP contribution in [0.1, 0.15) is 26.7 Å². The average molecular weight is 725 g/mol. The molecule has 4 rings (SSSR count). The summed E-state index contributed by atoms with van der Waals surface area (Å²) in [7, 11) is -10.7. The molecule has 0 spiro atoms. The molecule has 0 unspecified atom stereocenters. The van der Waals surface area contributed by atoms with Gasteiger partial charge in [-0.1, -0.05) is 32.0 Å². The van der Waals surface area contributed by atoms with E-state index in [0.717, 1.165) is 35.7 Å². The zero-order chi connectivity index (χ0) is 26.7. The van der Waals surface area contributed by atoms with Gasteiger partial charge in [-0.15, -0.1) is 35.9 Å². The topological polar surface area (TPSA) is 32.3 Å². The van der Waals surface area contributed by atoms with Crippen molar-refractivity contribution in [3.63, 3.8) is 0 Å². The third-order valence-corrected chi connectivity index (χ3v) is 4.37. The van der Waals surface area contributed by atoms with Crippen molar-refractivity contribution >= 4 is 7.81 Å². The maximum Gasteiger partial charge on any atom is 4.00 e. The quantitative estimate of drug-likeness (QED) is 0.144. The first-order valence-electron chi connectivity index (χ1n) is 11.2. The van der Waals surface area contributed by atoms with Gasteiger partial charge in [0.2, 0.25) is 0 Å². The standard InChI is InChI=1S/C16H11N2.C9H17N2.F6P.Pt/c1-2-7-13(8-3-1)14-10-6-11-16(18-14)15-9-4-5-12-17-15;1-3-5-10-7-8-11(9-10)6-4-2;1-7(2,3,4,5)6;/h1-7,9-12H;7-9H,3-6H2,1-2H3;;/q3*-1;+4. The number of benzene rings is 1. The third kappa shape index (κ3) is 15.4. The van der Waals surface area contributed by atoms with Crippen LogP contribution in [0.2, 0.25) is 0 Å². The Morgan fingerprint density at radius 1 is 0.757 bits per heavy atom. The number of rotatable bonds is 6. The van der Waals surface area contributed by atoms with Gasteiger partial charge < -0.3 is 9.80 Å². The third-order valence-electron chi connectivity index (χ3n) is 4.37. The van der Waals surface area contributed by atoms with Crippen LogP contribution in [0.15, 0.2) is 79.3 Å². The fraction of sp³-hybridized carbons (Fsp3) is 0.240. The van der Waals surface area contributed by atoms with E-state index < -0.39 is 7.81 Å². The Morgan fingerprint density at radius 3 is 1.78 bits per heavy atom. The van der Waals surface area contributed by atoms with E-state index in [4.69, 9.17) is 0 Å². The molecule has 0 amide bonds. The molecule has 37 heavy (non-hydrogen) atoms. The molecule has 12 heteroatoms. The molecule has 204 valence electrons. The summed E-state index contributed by atoms with van der Waals surface area (Å²) in [5.41, 5.74) is 3.68. The van der Waals surface area contributed by atoms with Gasteiger partial charge in [-0.3, -0.25) is 9.97 Å². The van der Waals surface area contributed by atoms with E-state index in [1.165, 1.54) is 12.8 Å². The van der Waals surface area contributed by atoms with E-state index in [2.05, 4.69) is 58.8 Å². The minimum absolute atomic E-state index is 0. The second kappa shape index (κ2) is 13.4. The van der Waals surface area contributed by atoms with Gasteiger partial charge in [0.1, 0.15) is 0 Å². The molecule has 1 aromatic carbocycles. The summed E-state index contributed by atoms with van der Waals surface area (Å²) in [6.45, 7) is 8.84. The van der Waals surface area contributed by atoms with Crippen LogP contribution in [-0.2, 0) is 21.1 Å². The van der Waals surface area contributed by atoms with Gasteiger partial charge in [-0.25, -0.2) is 0 Å². The molecule has 4 nitrogen and oxygen atoms in total. The van der Waals surface area contributed by atoms with Crippen LogP contribution >= 0.6 is 7.81 Å². The number of halogens is 6. The Kier molecular flexibility index (Phi) is 11.8. The molecule has 1 aliphatic heterocycles. The van der Waals surface area contributed by atoms with Gasteiger partial charge >= 0.3 is 54.1 Å². The van der Waals surface area contributed by atoms with E-state index in [1.807, 2.05) is 60.7 Å². The number of pyridine rings is 2. The predicted molar refractivity (Wildman–Crippen MR) is 133 cm³/mol. The monoisotopic (exact) mass is 724 g/mol. The number of nitrogens with zero attached hydrogens (tertiary/aromatic N) is 4. The van der Waals surface area contributed by atoms with Gasteiger partial charge in [-0.2, -0.15) is 6.67 Å². The minimum Gasteiger partial charge on any atom is -0.295 e. The van der Waals surface area contributed by atoms with Gasteiger partial charge in [-0.05, 0) is 62.2 Å². The molecule has 0 fully saturated rings. The van der Waals surface area contributed by atoms with Crippen molar-refractivity contribution in [2.24, 2.45) is 0 Å². The van der Waals surface area contributed by atoms with Crippen LogP contribution < -0.4 is 0 Å². The fourth-order valence-electron chi connectivity index (χ4n) is 3.01. The van der Waals surface area contributed by atoms with E-state index in [-0.39, 0.29) is 21.1 Å².